The van der Waals surface area contributed by atoms with E-state index in [-0.39, 0.29) is 16.9 Å². The van der Waals surface area contributed by atoms with Crippen LogP contribution in [0, 0.1) is 5.41 Å². The number of hydrogen-bond acceptors (Lipinski definition) is 2. The molecule has 0 radical (unpaired) electrons. The molecule has 3 aromatic rings. The van der Waals surface area contributed by atoms with Crippen LogP contribution < -0.4 is 10.9 Å². The van der Waals surface area contributed by atoms with Crippen molar-refractivity contribution in [3.8, 4) is 0 Å². The van der Waals surface area contributed by atoms with E-state index in [9.17, 15) is 9.59 Å². The lowest BCUT2D eigenvalue weighted by atomic mass is 9.96. The van der Waals surface area contributed by atoms with Gasteiger partial charge in [0.25, 0.3) is 5.56 Å². The molecule has 0 saturated carbocycles. The number of carbonyl (C=O) groups is 1. The molecular formula is C23H25ClN2O2. The molecule has 1 amide bonds. The van der Waals surface area contributed by atoms with Crippen LogP contribution in [0.1, 0.15) is 32.8 Å². The Hall–Kier alpha value is -2.59. The first-order chi connectivity index (χ1) is 13.2. The monoisotopic (exact) mass is 396 g/mol. The molecule has 0 saturated heterocycles. The van der Waals surface area contributed by atoms with Gasteiger partial charge in [0.1, 0.15) is 0 Å². The van der Waals surface area contributed by atoms with E-state index >= 15 is 0 Å². The van der Waals surface area contributed by atoms with Crippen molar-refractivity contribution < 1.29 is 4.79 Å². The van der Waals surface area contributed by atoms with Crippen LogP contribution in [-0.2, 0) is 17.8 Å². The zero-order chi connectivity index (χ0) is 20.3. The third-order valence-corrected chi connectivity index (χ3v) is 4.89. The van der Waals surface area contributed by atoms with Gasteiger partial charge in [-0.2, -0.15) is 0 Å². The molecule has 3 rings (SSSR count). The first kappa shape index (κ1) is 20.2. The molecule has 0 spiro atoms. The largest absolute Gasteiger partial charge is 0.326 e. The van der Waals surface area contributed by atoms with Gasteiger partial charge in [0.2, 0.25) is 5.91 Å². The fourth-order valence-corrected chi connectivity index (χ4v) is 3.45. The topological polar surface area (TPSA) is 51.1 Å². The second-order valence-electron chi connectivity index (χ2n) is 8.22. The second-order valence-corrected chi connectivity index (χ2v) is 8.62. The van der Waals surface area contributed by atoms with Crippen molar-refractivity contribution in [2.45, 2.75) is 40.2 Å². The summed E-state index contributed by atoms with van der Waals surface area (Å²) >= 11 is 6.16. The van der Waals surface area contributed by atoms with Crippen molar-refractivity contribution >= 4 is 34.0 Å². The zero-order valence-electron chi connectivity index (χ0n) is 16.5. The number of benzene rings is 2. The van der Waals surface area contributed by atoms with Crippen molar-refractivity contribution in [1.82, 2.24) is 4.57 Å². The fraction of sp³-hybridized carbons (Fsp3) is 0.304. The summed E-state index contributed by atoms with van der Waals surface area (Å²) in [5.74, 6) is -0.105. The first-order valence-electron chi connectivity index (χ1n) is 9.40. The van der Waals surface area contributed by atoms with E-state index in [1.165, 1.54) is 0 Å². The van der Waals surface area contributed by atoms with Crippen LogP contribution in [0.3, 0.4) is 0 Å². The number of halogens is 1. The maximum Gasteiger partial charge on any atom is 0.258 e. The molecule has 0 unspecified atom stereocenters. The van der Waals surface area contributed by atoms with Crippen LogP contribution in [0.4, 0.5) is 5.69 Å². The number of aryl methyl sites for hydroxylation is 1. The number of nitrogens with zero attached hydrogens (tertiary/aromatic N) is 1. The highest BCUT2D eigenvalue weighted by Gasteiger charge is 2.14. The molecule has 1 N–H and O–H groups in total. The number of nitrogens with one attached hydrogen (secondary N) is 1. The van der Waals surface area contributed by atoms with E-state index in [2.05, 4.69) is 26.1 Å². The minimum atomic E-state index is -0.105. The minimum Gasteiger partial charge on any atom is -0.326 e. The van der Waals surface area contributed by atoms with E-state index < -0.39 is 0 Å². The third kappa shape index (κ3) is 4.82. The molecule has 0 aliphatic heterocycles. The lowest BCUT2D eigenvalue weighted by Crippen LogP contribution is -2.26. The number of rotatable bonds is 5. The number of amides is 1. The summed E-state index contributed by atoms with van der Waals surface area (Å²) in [6.07, 6.45) is 2.69. The van der Waals surface area contributed by atoms with Gasteiger partial charge in [-0.3, -0.25) is 9.59 Å². The molecule has 2 aromatic carbocycles. The van der Waals surface area contributed by atoms with E-state index in [1.807, 2.05) is 36.4 Å². The Bertz CT molecular complexity index is 1060. The van der Waals surface area contributed by atoms with Crippen LogP contribution in [-0.4, -0.2) is 10.5 Å². The highest BCUT2D eigenvalue weighted by molar-refractivity contribution is 6.31. The Morgan fingerprint density at radius 1 is 1.04 bits per heavy atom. The summed E-state index contributed by atoms with van der Waals surface area (Å²) in [6.45, 7) is 6.92. The summed E-state index contributed by atoms with van der Waals surface area (Å²) in [5, 5.41) is 4.97. The van der Waals surface area contributed by atoms with Crippen molar-refractivity contribution in [2.24, 2.45) is 5.41 Å². The molecule has 0 atom stereocenters. The van der Waals surface area contributed by atoms with Crippen molar-refractivity contribution in [2.75, 3.05) is 5.32 Å². The van der Waals surface area contributed by atoms with Gasteiger partial charge in [0.05, 0.1) is 0 Å². The Balaban J connectivity index is 1.80. The summed E-state index contributed by atoms with van der Waals surface area (Å²) < 4.78 is 1.73. The summed E-state index contributed by atoms with van der Waals surface area (Å²) in [7, 11) is 0. The third-order valence-electron chi connectivity index (χ3n) is 4.52. The van der Waals surface area contributed by atoms with Gasteiger partial charge in [0, 0.05) is 40.6 Å². The number of fused-ring (bicyclic) bond motifs is 1. The van der Waals surface area contributed by atoms with Crippen LogP contribution in [0.15, 0.2) is 59.5 Å². The van der Waals surface area contributed by atoms with Crippen LogP contribution in [0.25, 0.3) is 10.8 Å². The molecule has 5 heteroatoms. The predicted octanol–water partition coefficient (Wildman–Crippen LogP) is 5.27. The highest BCUT2D eigenvalue weighted by atomic mass is 35.5. The quantitative estimate of drug-likeness (QED) is 0.638. The Morgan fingerprint density at radius 3 is 2.50 bits per heavy atom. The van der Waals surface area contributed by atoms with Gasteiger partial charge in [-0.1, -0.05) is 56.6 Å². The van der Waals surface area contributed by atoms with E-state index in [4.69, 9.17) is 11.6 Å². The molecule has 1 heterocycles. The SMILES string of the molecule is CC(C)(C)Cn1ccc2c(NC(=O)CCc3ccccc3Cl)cccc2c1=O. The second kappa shape index (κ2) is 8.19. The zero-order valence-corrected chi connectivity index (χ0v) is 17.2. The number of carbonyl (C=O) groups excluding carboxylic acids is 1. The van der Waals surface area contributed by atoms with Gasteiger partial charge in [0.15, 0.2) is 0 Å². The van der Waals surface area contributed by atoms with Crippen LogP contribution in [0.2, 0.25) is 5.02 Å². The molecule has 1 aromatic heterocycles. The van der Waals surface area contributed by atoms with Crippen molar-refractivity contribution in [3.05, 3.63) is 75.7 Å². The van der Waals surface area contributed by atoms with Gasteiger partial charge < -0.3 is 9.88 Å². The van der Waals surface area contributed by atoms with Crippen molar-refractivity contribution in [1.29, 1.82) is 0 Å². The number of hydrogen-bond donors (Lipinski definition) is 1. The standard InChI is InChI=1S/C23H25ClN2O2/c1-23(2,3)15-26-14-13-17-18(22(26)28)8-6-10-20(17)25-21(27)12-11-16-7-4-5-9-19(16)24/h4-10,13-14H,11-12,15H2,1-3H3,(H,25,27). The number of aromatic nitrogens is 1. The van der Waals surface area contributed by atoms with E-state index in [1.54, 1.807) is 22.9 Å². The normalized spacial score (nSPS) is 11.6. The Labute approximate surface area is 170 Å². The molecule has 0 fully saturated rings. The highest BCUT2D eigenvalue weighted by Crippen LogP contribution is 2.23. The maximum absolute atomic E-state index is 12.8. The first-order valence-corrected chi connectivity index (χ1v) is 9.78. The molecule has 0 aliphatic rings. The fourth-order valence-electron chi connectivity index (χ4n) is 3.22. The minimum absolute atomic E-state index is 0.00203. The van der Waals surface area contributed by atoms with E-state index in [0.29, 0.717) is 35.5 Å². The maximum atomic E-state index is 12.8. The molecule has 4 nitrogen and oxygen atoms in total. The molecule has 0 aliphatic carbocycles. The molecule has 146 valence electrons. The number of pyridine rings is 1. The van der Waals surface area contributed by atoms with Gasteiger partial charge in [-0.15, -0.1) is 0 Å². The van der Waals surface area contributed by atoms with Crippen LogP contribution in [0.5, 0.6) is 0 Å². The van der Waals surface area contributed by atoms with Crippen molar-refractivity contribution in [3.63, 3.8) is 0 Å². The van der Waals surface area contributed by atoms with Gasteiger partial charge in [-0.25, -0.2) is 0 Å². The lowest BCUT2D eigenvalue weighted by molar-refractivity contribution is -0.116. The van der Waals surface area contributed by atoms with E-state index in [0.717, 1.165) is 10.9 Å². The van der Waals surface area contributed by atoms with Gasteiger partial charge in [-0.05, 0) is 41.7 Å². The van der Waals surface area contributed by atoms with Crippen LogP contribution >= 0.6 is 11.6 Å². The summed E-state index contributed by atoms with van der Waals surface area (Å²) in [6, 6.07) is 14.8. The molecular weight excluding hydrogens is 372 g/mol. The molecule has 28 heavy (non-hydrogen) atoms. The lowest BCUT2D eigenvalue weighted by Gasteiger charge is -2.20. The average Bonchev–Trinajstić information content (AvgIpc) is 2.63. The smallest absolute Gasteiger partial charge is 0.258 e. The predicted molar refractivity (Wildman–Crippen MR) is 116 cm³/mol. The Morgan fingerprint density at radius 2 is 1.79 bits per heavy atom. The number of anilines is 1. The average molecular weight is 397 g/mol. The Kier molecular flexibility index (Phi) is 5.90. The molecule has 0 bridgehead atoms. The summed E-state index contributed by atoms with van der Waals surface area (Å²) in [4.78, 5) is 25.3. The van der Waals surface area contributed by atoms with Gasteiger partial charge >= 0.3 is 0 Å². The summed E-state index contributed by atoms with van der Waals surface area (Å²) in [5.41, 5.74) is 1.56.